The van der Waals surface area contributed by atoms with Gasteiger partial charge in [-0.3, -0.25) is 4.57 Å². The van der Waals surface area contributed by atoms with Gasteiger partial charge in [-0.2, -0.15) is 4.98 Å². The van der Waals surface area contributed by atoms with Crippen LogP contribution in [-0.2, 0) is 4.74 Å². The van der Waals surface area contributed by atoms with Crippen molar-refractivity contribution in [1.29, 1.82) is 0 Å². The van der Waals surface area contributed by atoms with E-state index in [-0.39, 0.29) is 18.1 Å². The van der Waals surface area contributed by atoms with E-state index >= 15 is 0 Å². The molecule has 1 aromatic heterocycles. The summed E-state index contributed by atoms with van der Waals surface area (Å²) in [5.41, 5.74) is 3.57. The molecule has 0 aromatic carbocycles. The fourth-order valence-corrected chi connectivity index (χ4v) is 2.25. The number of hydrogen-bond donors (Lipinski definition) is 3. The second-order valence-corrected chi connectivity index (χ2v) is 4.49. The molecule has 8 heteroatoms. The summed E-state index contributed by atoms with van der Waals surface area (Å²) in [4.78, 5) is 15.2. The van der Waals surface area contributed by atoms with Crippen molar-refractivity contribution in [1.82, 2.24) is 9.55 Å². The van der Waals surface area contributed by atoms with Gasteiger partial charge in [0, 0.05) is 12.6 Å². The first-order chi connectivity index (χ1) is 8.52. The number of nitrogens with two attached hydrogens (primary N) is 1. The van der Waals surface area contributed by atoms with Crippen LogP contribution in [-0.4, -0.2) is 44.0 Å². The zero-order chi connectivity index (χ0) is 13.3. The molecule has 0 spiro atoms. The Bertz CT molecular complexity index is 488. The maximum absolute atomic E-state index is 11.6. The maximum Gasteiger partial charge on any atom is 0.351 e. The van der Waals surface area contributed by atoms with Crippen LogP contribution in [0.4, 0.5) is 5.82 Å². The highest BCUT2D eigenvalue weighted by Gasteiger charge is 2.48. The summed E-state index contributed by atoms with van der Waals surface area (Å²) >= 11 is 5.71. The Morgan fingerprint density at radius 2 is 2.44 bits per heavy atom. The van der Waals surface area contributed by atoms with Crippen molar-refractivity contribution in [2.45, 2.75) is 24.4 Å². The molecule has 0 radical (unpaired) electrons. The van der Waals surface area contributed by atoms with Crippen molar-refractivity contribution in [2.24, 2.45) is 0 Å². The summed E-state index contributed by atoms with van der Waals surface area (Å²) in [7, 11) is 0. The van der Waals surface area contributed by atoms with Gasteiger partial charge in [-0.05, 0) is 6.07 Å². The first kappa shape index (κ1) is 13.3. The molecule has 0 amide bonds. The normalized spacial score (nSPS) is 31.7. The first-order valence-electron chi connectivity index (χ1n) is 5.40. The third-order valence-electron chi connectivity index (χ3n) is 3.06. The fraction of sp³-hybridized carbons (Fsp3) is 0.600. The smallest absolute Gasteiger partial charge is 0.351 e. The molecule has 1 aliphatic heterocycles. The van der Waals surface area contributed by atoms with Gasteiger partial charge in [-0.15, -0.1) is 11.6 Å². The number of aliphatic hydroxyl groups excluding tert-OH is 2. The predicted octanol–water partition coefficient (Wildman–Crippen LogP) is -0.925. The molecule has 0 aliphatic carbocycles. The van der Waals surface area contributed by atoms with Crippen LogP contribution < -0.4 is 11.4 Å². The number of hydrogen-bond acceptors (Lipinski definition) is 6. The van der Waals surface area contributed by atoms with Crippen molar-refractivity contribution >= 4 is 17.4 Å². The molecule has 1 fully saturated rings. The van der Waals surface area contributed by atoms with Crippen LogP contribution in [0.5, 0.6) is 0 Å². The summed E-state index contributed by atoms with van der Waals surface area (Å²) in [5, 5.41) is 19.2. The van der Waals surface area contributed by atoms with Crippen LogP contribution in [0.25, 0.3) is 0 Å². The van der Waals surface area contributed by atoms with Crippen LogP contribution in [0.2, 0.25) is 0 Å². The van der Waals surface area contributed by atoms with E-state index in [0.29, 0.717) is 0 Å². The summed E-state index contributed by atoms with van der Waals surface area (Å²) in [6.07, 6.45) is -0.0799. The molecule has 1 aliphatic rings. The van der Waals surface area contributed by atoms with Crippen molar-refractivity contribution in [3.05, 3.63) is 22.7 Å². The van der Waals surface area contributed by atoms with Gasteiger partial charge < -0.3 is 20.7 Å². The average Bonchev–Trinajstić information content (AvgIpc) is 2.67. The first-order valence-corrected chi connectivity index (χ1v) is 5.93. The summed E-state index contributed by atoms with van der Waals surface area (Å²) < 4.78 is 6.73. The zero-order valence-corrected chi connectivity index (χ0v) is 10.2. The van der Waals surface area contributed by atoms with E-state index < -0.39 is 30.2 Å². The fourth-order valence-electron chi connectivity index (χ4n) is 1.92. The Kier molecular flexibility index (Phi) is 3.58. The molecular weight excluding hydrogens is 262 g/mol. The molecule has 0 unspecified atom stereocenters. The summed E-state index contributed by atoms with van der Waals surface area (Å²) in [5.74, 6) is 0.0405. The second kappa shape index (κ2) is 4.85. The highest BCUT2D eigenvalue weighted by atomic mass is 35.5. The lowest BCUT2D eigenvalue weighted by Gasteiger charge is -2.27. The van der Waals surface area contributed by atoms with Crippen molar-refractivity contribution in [2.75, 3.05) is 18.2 Å². The van der Waals surface area contributed by atoms with Gasteiger partial charge in [-0.25, -0.2) is 4.79 Å². The third kappa shape index (κ3) is 2.10. The molecule has 18 heavy (non-hydrogen) atoms. The van der Waals surface area contributed by atoms with Gasteiger partial charge in [0.05, 0.1) is 18.6 Å². The zero-order valence-electron chi connectivity index (χ0n) is 9.49. The van der Waals surface area contributed by atoms with E-state index in [0.717, 1.165) is 0 Å². The van der Waals surface area contributed by atoms with E-state index in [4.69, 9.17) is 22.1 Å². The monoisotopic (exact) mass is 275 g/mol. The van der Waals surface area contributed by atoms with Crippen LogP contribution in [0.1, 0.15) is 12.6 Å². The summed E-state index contributed by atoms with van der Waals surface area (Å²) in [6.45, 7) is -0.425. The number of rotatable bonds is 3. The van der Waals surface area contributed by atoms with Crippen LogP contribution >= 0.6 is 11.6 Å². The van der Waals surface area contributed by atoms with E-state index in [1.54, 1.807) is 0 Å². The Labute approximate surface area is 108 Å². The van der Waals surface area contributed by atoms with Gasteiger partial charge in [0.1, 0.15) is 17.6 Å². The average molecular weight is 276 g/mol. The molecule has 4 N–H and O–H groups in total. The minimum atomic E-state index is -1.24. The molecule has 7 nitrogen and oxygen atoms in total. The highest BCUT2D eigenvalue weighted by Crippen LogP contribution is 2.36. The number of nitrogen functional groups attached to an aromatic ring is 1. The largest absolute Gasteiger partial charge is 0.393 e. The van der Waals surface area contributed by atoms with Crippen LogP contribution in [0.3, 0.4) is 0 Å². The Morgan fingerprint density at radius 1 is 1.72 bits per heavy atom. The minimum Gasteiger partial charge on any atom is -0.393 e. The molecular formula is C10H14ClN3O4. The Hall–Kier alpha value is -1.15. The molecule has 3 atom stereocenters. The number of alkyl halides is 1. The highest BCUT2D eigenvalue weighted by molar-refractivity contribution is 6.18. The standard InChI is InChI=1S/C10H14ClN3O4/c11-4-10(5-15)6(16)3-8(18-10)14-2-1-7(12)13-9(14)17/h1-2,6,8,15-16H,3-5H2,(H2,12,13,17)/t6-,8-,10-/m1/s1. The van der Waals surface area contributed by atoms with E-state index in [2.05, 4.69) is 4.98 Å². The van der Waals surface area contributed by atoms with Gasteiger partial charge in [0.25, 0.3) is 0 Å². The second-order valence-electron chi connectivity index (χ2n) is 4.22. The van der Waals surface area contributed by atoms with E-state index in [9.17, 15) is 15.0 Å². The lowest BCUT2D eigenvalue weighted by Crippen LogP contribution is -2.45. The molecule has 2 rings (SSSR count). The molecule has 1 aromatic rings. The lowest BCUT2D eigenvalue weighted by atomic mass is 10.0. The molecule has 100 valence electrons. The number of aromatic nitrogens is 2. The third-order valence-corrected chi connectivity index (χ3v) is 3.51. The lowest BCUT2D eigenvalue weighted by molar-refractivity contribution is -0.114. The number of anilines is 1. The quantitative estimate of drug-likeness (QED) is 0.615. The van der Waals surface area contributed by atoms with E-state index in [1.165, 1.54) is 16.8 Å². The molecule has 0 bridgehead atoms. The number of aliphatic hydroxyl groups is 2. The van der Waals surface area contributed by atoms with Crippen molar-refractivity contribution in [3.63, 3.8) is 0 Å². The van der Waals surface area contributed by atoms with Gasteiger partial charge in [0.15, 0.2) is 0 Å². The molecule has 2 heterocycles. The van der Waals surface area contributed by atoms with Gasteiger partial charge in [0.2, 0.25) is 0 Å². The topological polar surface area (TPSA) is 111 Å². The number of ether oxygens (including phenoxy) is 1. The number of nitrogens with zero attached hydrogens (tertiary/aromatic N) is 2. The van der Waals surface area contributed by atoms with E-state index in [1.807, 2.05) is 0 Å². The Balaban J connectivity index is 2.30. The summed E-state index contributed by atoms with van der Waals surface area (Å²) in [6, 6.07) is 1.46. The molecule has 0 saturated carbocycles. The Morgan fingerprint density at radius 3 is 2.94 bits per heavy atom. The number of halogens is 1. The van der Waals surface area contributed by atoms with Gasteiger partial charge >= 0.3 is 5.69 Å². The van der Waals surface area contributed by atoms with Crippen LogP contribution in [0, 0.1) is 0 Å². The minimum absolute atomic E-state index is 0.0711. The van der Waals surface area contributed by atoms with Crippen LogP contribution in [0.15, 0.2) is 17.1 Å². The van der Waals surface area contributed by atoms with Gasteiger partial charge in [-0.1, -0.05) is 0 Å². The maximum atomic E-state index is 11.6. The van der Waals surface area contributed by atoms with Crippen molar-refractivity contribution in [3.8, 4) is 0 Å². The molecule has 1 saturated heterocycles. The SMILES string of the molecule is Nc1ccn([C@H]2C[C@@H](O)[C@](CO)(CCl)O2)c(=O)n1. The predicted molar refractivity (Wildman–Crippen MR) is 64.2 cm³/mol. The van der Waals surface area contributed by atoms with Crippen molar-refractivity contribution < 1.29 is 14.9 Å².